The van der Waals surface area contributed by atoms with Crippen molar-refractivity contribution in [3.63, 3.8) is 0 Å². The van der Waals surface area contributed by atoms with E-state index in [-0.39, 0.29) is 5.17 Å². The monoisotopic (exact) mass is 305 g/mol. The minimum Gasteiger partial charge on any atom is -0.395 e. The molecule has 98 valence electrons. The molecule has 1 aromatic rings. The molecule has 0 heterocycles. The maximum atomic E-state index is 7.01. The topological polar surface area (TPSA) is 71.5 Å². The Morgan fingerprint density at radius 1 is 1.44 bits per heavy atom. The lowest BCUT2D eigenvalue weighted by molar-refractivity contribution is 0.161. The van der Waals surface area contributed by atoms with Gasteiger partial charge >= 0.3 is 0 Å². The Bertz CT molecular complexity index is 466. The summed E-state index contributed by atoms with van der Waals surface area (Å²) >= 11 is 12.9. The van der Waals surface area contributed by atoms with Gasteiger partial charge in [0.15, 0.2) is 5.17 Å². The molecule has 7 heteroatoms. The van der Waals surface area contributed by atoms with Gasteiger partial charge in [-0.15, -0.1) is 0 Å². The van der Waals surface area contributed by atoms with Crippen LogP contribution in [0.15, 0.2) is 23.4 Å². The quantitative estimate of drug-likeness (QED) is 0.379. The van der Waals surface area contributed by atoms with E-state index in [0.29, 0.717) is 28.1 Å². The number of nitrogens with two attached hydrogens (primary N) is 1. The maximum Gasteiger partial charge on any atom is 0.151 e. The third-order valence-corrected chi connectivity index (χ3v) is 3.39. The Kier molecular flexibility index (Phi) is 6.32. The molecule has 1 aromatic carbocycles. The van der Waals surface area contributed by atoms with E-state index in [1.165, 1.54) is 11.8 Å². The summed E-state index contributed by atoms with van der Waals surface area (Å²) in [7, 11) is 0. The van der Waals surface area contributed by atoms with Crippen LogP contribution in [0.1, 0.15) is 12.5 Å². The summed E-state index contributed by atoms with van der Waals surface area (Å²) in [5.74, 6) is 0.591. The van der Waals surface area contributed by atoms with E-state index < -0.39 is 0 Å². The van der Waals surface area contributed by atoms with Crippen molar-refractivity contribution in [2.45, 2.75) is 6.92 Å². The second kappa shape index (κ2) is 7.51. The summed E-state index contributed by atoms with van der Waals surface area (Å²) in [6.45, 7) is 2.21. The molecule has 0 aliphatic rings. The van der Waals surface area contributed by atoms with Gasteiger partial charge < -0.3 is 10.6 Å². The summed E-state index contributed by atoms with van der Waals surface area (Å²) in [5, 5.41) is 12.0. The molecule has 0 atom stereocenters. The molecular formula is C11H13Cl2N3OS. The number of nitrogens with zero attached hydrogens (tertiary/aromatic N) is 1. The van der Waals surface area contributed by atoms with Gasteiger partial charge in [0.2, 0.25) is 0 Å². The number of hydrogen-bond donors (Lipinski definition) is 2. The van der Waals surface area contributed by atoms with Gasteiger partial charge in [-0.05, 0) is 19.1 Å². The summed E-state index contributed by atoms with van der Waals surface area (Å²) in [6.07, 6.45) is 0. The first kappa shape index (κ1) is 15.1. The van der Waals surface area contributed by atoms with Gasteiger partial charge in [-0.1, -0.05) is 46.2 Å². The highest BCUT2D eigenvalue weighted by Crippen LogP contribution is 2.22. The number of benzene rings is 1. The second-order valence-corrected chi connectivity index (χ2v) is 5.30. The van der Waals surface area contributed by atoms with E-state index in [4.69, 9.17) is 39.2 Å². The first-order valence-electron chi connectivity index (χ1n) is 5.09. The molecule has 0 aromatic heterocycles. The molecule has 0 bridgehead atoms. The Morgan fingerprint density at radius 2 is 2.17 bits per heavy atom. The SMILES string of the molecule is CC(=NOCCSC(=N)N)c1ccc(Cl)c(Cl)c1. The summed E-state index contributed by atoms with van der Waals surface area (Å²) < 4.78 is 0. The van der Waals surface area contributed by atoms with E-state index in [9.17, 15) is 0 Å². The minimum absolute atomic E-state index is 0.0729. The lowest BCUT2D eigenvalue weighted by Crippen LogP contribution is -2.06. The van der Waals surface area contributed by atoms with Gasteiger partial charge in [0, 0.05) is 11.3 Å². The highest BCUT2D eigenvalue weighted by atomic mass is 35.5. The van der Waals surface area contributed by atoms with E-state index in [1.54, 1.807) is 12.1 Å². The minimum atomic E-state index is 0.0729. The van der Waals surface area contributed by atoms with Crippen molar-refractivity contribution < 1.29 is 4.84 Å². The Labute approximate surface area is 120 Å². The number of thioether (sulfide) groups is 1. The smallest absolute Gasteiger partial charge is 0.151 e. The van der Waals surface area contributed by atoms with Crippen LogP contribution in [-0.4, -0.2) is 23.2 Å². The number of amidine groups is 1. The Balaban J connectivity index is 2.50. The number of oxime groups is 1. The van der Waals surface area contributed by atoms with Crippen molar-refractivity contribution in [3.8, 4) is 0 Å². The lowest BCUT2D eigenvalue weighted by Gasteiger charge is -2.03. The van der Waals surface area contributed by atoms with E-state index in [2.05, 4.69) is 5.16 Å². The van der Waals surface area contributed by atoms with Crippen molar-refractivity contribution in [1.82, 2.24) is 0 Å². The molecule has 0 saturated heterocycles. The first-order chi connectivity index (χ1) is 8.50. The van der Waals surface area contributed by atoms with Gasteiger partial charge in [0.1, 0.15) is 6.61 Å². The molecule has 0 aliphatic carbocycles. The largest absolute Gasteiger partial charge is 0.395 e. The van der Waals surface area contributed by atoms with Crippen LogP contribution in [0.2, 0.25) is 10.0 Å². The van der Waals surface area contributed by atoms with Crippen LogP contribution in [0.25, 0.3) is 0 Å². The van der Waals surface area contributed by atoms with Gasteiger partial charge in [-0.25, -0.2) is 0 Å². The number of halogens is 2. The fourth-order valence-corrected chi connectivity index (χ4v) is 1.78. The Morgan fingerprint density at radius 3 is 2.78 bits per heavy atom. The van der Waals surface area contributed by atoms with E-state index in [0.717, 1.165) is 5.56 Å². The van der Waals surface area contributed by atoms with Crippen molar-refractivity contribution in [2.24, 2.45) is 10.9 Å². The molecule has 0 amide bonds. The molecule has 0 unspecified atom stereocenters. The molecule has 1 rings (SSSR count). The van der Waals surface area contributed by atoms with Crippen LogP contribution in [0.3, 0.4) is 0 Å². The highest BCUT2D eigenvalue weighted by molar-refractivity contribution is 8.13. The zero-order valence-electron chi connectivity index (χ0n) is 9.74. The molecule has 0 saturated carbocycles. The predicted octanol–water partition coefficient (Wildman–Crippen LogP) is 3.36. The molecular weight excluding hydrogens is 293 g/mol. The second-order valence-electron chi connectivity index (χ2n) is 3.35. The summed E-state index contributed by atoms with van der Waals surface area (Å²) in [5.41, 5.74) is 6.74. The van der Waals surface area contributed by atoms with Crippen LogP contribution in [0.4, 0.5) is 0 Å². The molecule has 0 fully saturated rings. The third kappa shape index (κ3) is 5.16. The van der Waals surface area contributed by atoms with Crippen LogP contribution < -0.4 is 5.73 Å². The zero-order valence-corrected chi connectivity index (χ0v) is 12.1. The molecule has 0 radical (unpaired) electrons. The third-order valence-electron chi connectivity index (χ3n) is 1.97. The van der Waals surface area contributed by atoms with Gasteiger partial charge in [0.25, 0.3) is 0 Å². The van der Waals surface area contributed by atoms with E-state index in [1.807, 2.05) is 13.0 Å². The van der Waals surface area contributed by atoms with Crippen LogP contribution in [-0.2, 0) is 4.84 Å². The fourth-order valence-electron chi connectivity index (χ4n) is 1.11. The normalized spacial score (nSPS) is 11.4. The molecule has 0 spiro atoms. The zero-order chi connectivity index (χ0) is 13.5. The average molecular weight is 306 g/mol. The lowest BCUT2D eigenvalue weighted by atomic mass is 10.1. The fraction of sp³-hybridized carbons (Fsp3) is 0.273. The van der Waals surface area contributed by atoms with Gasteiger partial charge in [-0.3, -0.25) is 5.41 Å². The number of rotatable bonds is 5. The summed E-state index contributed by atoms with van der Waals surface area (Å²) in [4.78, 5) is 5.11. The Hall–Kier alpha value is -0.910. The molecule has 3 N–H and O–H groups in total. The average Bonchev–Trinajstić information content (AvgIpc) is 2.31. The number of hydrogen-bond acceptors (Lipinski definition) is 4. The van der Waals surface area contributed by atoms with Crippen LogP contribution in [0.5, 0.6) is 0 Å². The van der Waals surface area contributed by atoms with E-state index >= 15 is 0 Å². The van der Waals surface area contributed by atoms with Crippen molar-refractivity contribution >= 4 is 45.8 Å². The summed E-state index contributed by atoms with van der Waals surface area (Å²) in [6, 6.07) is 5.26. The van der Waals surface area contributed by atoms with Gasteiger partial charge in [0.05, 0.1) is 15.8 Å². The first-order valence-corrected chi connectivity index (χ1v) is 6.83. The van der Waals surface area contributed by atoms with Crippen LogP contribution in [0, 0.1) is 5.41 Å². The standard InChI is InChI=1S/C11H13Cl2N3OS/c1-7(16-17-4-5-18-11(14)15)8-2-3-9(12)10(13)6-8/h2-3,6H,4-5H2,1H3,(H3,14,15). The van der Waals surface area contributed by atoms with Crippen molar-refractivity contribution in [1.29, 1.82) is 5.41 Å². The molecule has 18 heavy (non-hydrogen) atoms. The van der Waals surface area contributed by atoms with Gasteiger partial charge in [-0.2, -0.15) is 0 Å². The van der Waals surface area contributed by atoms with Crippen molar-refractivity contribution in [3.05, 3.63) is 33.8 Å². The highest BCUT2D eigenvalue weighted by Gasteiger charge is 2.02. The maximum absolute atomic E-state index is 7.01. The number of nitrogens with one attached hydrogen (secondary N) is 1. The molecule has 4 nitrogen and oxygen atoms in total. The van der Waals surface area contributed by atoms with Crippen molar-refractivity contribution in [2.75, 3.05) is 12.4 Å². The predicted molar refractivity (Wildman–Crippen MR) is 79.0 cm³/mol. The van der Waals surface area contributed by atoms with Crippen LogP contribution >= 0.6 is 35.0 Å². The molecule has 0 aliphatic heterocycles.